The number of hydrogen-bond acceptors (Lipinski definition) is 19. The van der Waals surface area contributed by atoms with E-state index in [4.69, 9.17) is 34.7 Å². The zero-order valence-electron chi connectivity index (χ0n) is 31.2. The van der Waals surface area contributed by atoms with Crippen LogP contribution in [0.3, 0.4) is 0 Å². The van der Waals surface area contributed by atoms with Crippen LogP contribution < -0.4 is 26.9 Å². The lowest BCUT2D eigenvalue weighted by atomic mass is 10.1. The Labute approximate surface area is 333 Å². The molecule has 4 aromatic rings. The van der Waals surface area contributed by atoms with E-state index in [-0.39, 0.29) is 42.0 Å². The lowest BCUT2D eigenvalue weighted by Gasteiger charge is -2.37. The summed E-state index contributed by atoms with van der Waals surface area (Å²) in [4.78, 5) is 60.7. The Bertz CT molecular complexity index is 2460. The highest BCUT2D eigenvalue weighted by atomic mass is 31.3. The van der Waals surface area contributed by atoms with Crippen LogP contribution in [0.4, 0.5) is 11.8 Å². The summed E-state index contributed by atoms with van der Waals surface area (Å²) in [6.45, 7) is 2.97. The lowest BCUT2D eigenvalue weighted by molar-refractivity contribution is -0.747. The maximum Gasteiger partial charge on any atom is 0.490 e. The first-order valence-electron chi connectivity index (χ1n) is 17.4. The van der Waals surface area contributed by atoms with Crippen molar-refractivity contribution in [2.45, 2.75) is 43.4 Å². The Morgan fingerprint density at radius 2 is 1.73 bits per heavy atom. The van der Waals surface area contributed by atoms with Gasteiger partial charge in [0.05, 0.1) is 44.9 Å². The summed E-state index contributed by atoms with van der Waals surface area (Å²) in [5, 5.41) is 13.6. The molecule has 2 saturated heterocycles. The molecule has 3 aliphatic rings. The average Bonchev–Trinajstić information content (AvgIpc) is 3.81. The number of aromatic nitrogens is 6. The number of methoxy groups -OCH3 is 1. The second kappa shape index (κ2) is 16.7. The quantitative estimate of drug-likeness (QED) is 0.0555. The third-order valence-corrected chi connectivity index (χ3v) is 13.5. The minimum atomic E-state index is -5.90. The number of guanidine groups is 1. The van der Waals surface area contributed by atoms with Crippen LogP contribution in [0.1, 0.15) is 23.7 Å². The number of anilines is 1. The van der Waals surface area contributed by atoms with Crippen molar-refractivity contribution < 1.29 is 69.9 Å². The van der Waals surface area contributed by atoms with Crippen molar-refractivity contribution in [3.63, 3.8) is 0 Å². The van der Waals surface area contributed by atoms with Crippen LogP contribution in [0.2, 0.25) is 0 Å². The molecular formula is C30H41N11O15P3+. The monoisotopic (exact) mass is 888 g/mol. The minimum absolute atomic E-state index is 0.00439. The number of phosphoric ester groups is 2. The average molecular weight is 889 g/mol. The molecule has 3 aromatic heterocycles. The highest BCUT2D eigenvalue weighted by molar-refractivity contribution is 7.66. The molecule has 0 spiro atoms. The van der Waals surface area contributed by atoms with Crippen LogP contribution in [-0.4, -0.2) is 113 Å². The SMILES string of the molecule is C=C1NC(N)=Nc2c1ncn2[C@@H]1OC(COP(=O)(O)OP(=O)(O)OP(=O)(O)OC[C@@H]2CN(Cc3ccccc3)CC([n+]3cn(C)c4c(=O)[nH]c(N)nc43)O2)[C@@H](O)[C@H]1OC. The molecule has 5 unspecified atom stereocenters. The number of aliphatic hydroxyl groups is 1. The fraction of sp³-hybridized carbons (Fsp3) is 0.433. The van der Waals surface area contributed by atoms with Gasteiger partial charge in [0.25, 0.3) is 11.5 Å². The number of ether oxygens (including phenoxy) is 3. The number of imidazole rings is 2. The first kappa shape index (κ1) is 42.9. The number of hydrogen-bond donors (Lipinski definition) is 8. The van der Waals surface area contributed by atoms with Crippen molar-refractivity contribution in [1.29, 1.82) is 0 Å². The van der Waals surface area contributed by atoms with E-state index in [1.807, 2.05) is 35.2 Å². The molecule has 10 N–H and O–H groups in total. The van der Waals surface area contributed by atoms with Crippen molar-refractivity contribution in [1.82, 2.24) is 34.3 Å². The van der Waals surface area contributed by atoms with E-state index in [1.165, 1.54) is 22.6 Å². The summed E-state index contributed by atoms with van der Waals surface area (Å²) in [5.74, 6) is 0.0745. The Balaban J connectivity index is 0.984. The number of fused-ring (bicyclic) bond motifs is 2. The molecule has 3 aliphatic heterocycles. The second-order valence-electron chi connectivity index (χ2n) is 13.5. The summed E-state index contributed by atoms with van der Waals surface area (Å²) in [7, 11) is -14.1. The lowest BCUT2D eigenvalue weighted by Crippen LogP contribution is -2.55. The molecule has 0 saturated carbocycles. The predicted octanol–water partition coefficient (Wildman–Crippen LogP) is -0.411. The van der Waals surface area contributed by atoms with Crippen LogP contribution in [0.5, 0.6) is 0 Å². The van der Waals surface area contributed by atoms with Crippen molar-refractivity contribution in [2.75, 3.05) is 39.1 Å². The van der Waals surface area contributed by atoms with Gasteiger partial charge < -0.3 is 50.8 Å². The van der Waals surface area contributed by atoms with Gasteiger partial charge in [-0.05, 0) is 5.56 Å². The summed E-state index contributed by atoms with van der Waals surface area (Å²) in [6.07, 6.45) is -4.09. The van der Waals surface area contributed by atoms with Crippen molar-refractivity contribution in [2.24, 2.45) is 17.8 Å². The van der Waals surface area contributed by atoms with Gasteiger partial charge in [-0.3, -0.25) is 32.9 Å². The number of H-pyrrole nitrogens is 1. The molecule has 0 bridgehead atoms. The number of morpholine rings is 1. The van der Waals surface area contributed by atoms with Gasteiger partial charge in [-0.1, -0.05) is 41.9 Å². The van der Waals surface area contributed by atoms with Gasteiger partial charge >= 0.3 is 29.1 Å². The first-order valence-corrected chi connectivity index (χ1v) is 21.9. The van der Waals surface area contributed by atoms with E-state index >= 15 is 0 Å². The first-order chi connectivity index (χ1) is 27.8. The number of nitrogen functional groups attached to an aromatic ring is 1. The highest BCUT2D eigenvalue weighted by Crippen LogP contribution is 2.67. The smallest absolute Gasteiger partial charge is 0.387 e. The maximum absolute atomic E-state index is 13.0. The molecule has 6 heterocycles. The normalized spacial score (nSPS) is 26.7. The van der Waals surface area contributed by atoms with Gasteiger partial charge in [-0.2, -0.15) is 13.6 Å². The molecule has 59 heavy (non-hydrogen) atoms. The molecular weight excluding hydrogens is 847 g/mol. The van der Waals surface area contributed by atoms with Crippen molar-refractivity contribution >= 4 is 58.1 Å². The van der Waals surface area contributed by atoms with Gasteiger partial charge in [0.2, 0.25) is 5.52 Å². The number of rotatable bonds is 15. The molecule has 7 rings (SSSR count). The topological polar surface area (TPSA) is 349 Å². The number of nitrogens with one attached hydrogen (secondary N) is 2. The number of nitrogens with zero attached hydrogens (tertiary/aromatic N) is 7. The fourth-order valence-corrected chi connectivity index (χ4v) is 10.4. The van der Waals surface area contributed by atoms with Gasteiger partial charge in [-0.25, -0.2) is 23.2 Å². The molecule has 9 atom stereocenters. The largest absolute Gasteiger partial charge is 0.490 e. The number of aryl methyl sites for hydroxylation is 1. The summed E-state index contributed by atoms with van der Waals surface area (Å²) >= 11 is 0. The van der Waals surface area contributed by atoms with Crippen LogP contribution in [0, 0.1) is 0 Å². The minimum Gasteiger partial charge on any atom is -0.387 e. The van der Waals surface area contributed by atoms with E-state index in [1.54, 1.807) is 17.9 Å². The van der Waals surface area contributed by atoms with Crippen molar-refractivity contribution in [3.8, 4) is 0 Å². The van der Waals surface area contributed by atoms with Crippen LogP contribution >= 0.6 is 23.5 Å². The zero-order chi connectivity index (χ0) is 42.4. The Kier molecular flexibility index (Phi) is 12.1. The number of aliphatic hydroxyl groups excluding tert-OH is 1. The third-order valence-electron chi connectivity index (χ3n) is 9.23. The van der Waals surface area contributed by atoms with Crippen LogP contribution in [0.15, 0.2) is 59.4 Å². The van der Waals surface area contributed by atoms with E-state index in [2.05, 4.69) is 40.5 Å². The van der Waals surface area contributed by atoms with E-state index < -0.39 is 79.1 Å². The van der Waals surface area contributed by atoms with Gasteiger partial charge in [-0.15, -0.1) is 0 Å². The fourth-order valence-electron chi connectivity index (χ4n) is 6.81. The number of phosphoric acid groups is 3. The number of aliphatic imine (C=N–C) groups is 1. The Morgan fingerprint density at radius 3 is 2.42 bits per heavy atom. The number of benzene rings is 1. The predicted molar refractivity (Wildman–Crippen MR) is 202 cm³/mol. The Hall–Kier alpha value is -4.20. The van der Waals surface area contributed by atoms with Gasteiger partial charge in [0, 0.05) is 20.2 Å². The van der Waals surface area contributed by atoms with Crippen LogP contribution in [-0.2, 0) is 59.2 Å². The molecule has 2 fully saturated rings. The molecule has 0 aliphatic carbocycles. The van der Waals surface area contributed by atoms with E-state index in [0.29, 0.717) is 17.9 Å². The summed E-state index contributed by atoms with van der Waals surface area (Å²) in [5.41, 5.74) is 13.1. The number of aromatic amines is 1. The summed E-state index contributed by atoms with van der Waals surface area (Å²) < 4.78 is 78.8. The summed E-state index contributed by atoms with van der Waals surface area (Å²) in [6, 6.07) is 9.35. The molecule has 1 aromatic carbocycles. The third kappa shape index (κ3) is 9.57. The Morgan fingerprint density at radius 1 is 1.03 bits per heavy atom. The molecule has 320 valence electrons. The maximum atomic E-state index is 13.0. The molecule has 26 nitrogen and oxygen atoms in total. The molecule has 29 heteroatoms. The standard InChI is InChI=1S/C30H40N11O15P3/c1-16-21-25(35-29(31)34-16)40(14-33-21)28-24(50-3)23(42)19(54-28)13-52-58(46,47)56-59(48,49)55-57(44,45)51-12-18-10-39(9-17-7-5-4-6-8-17)11-20(53-18)41-15-38(2)22-26(41)36-30(32)37-27(22)43/h4-8,14-15,18-20,23-24,28,42H,1,9-13H2,2-3H3,(H8-,31,32,34,35,36,37,43,44,45,46,47,48,49)/p+1/t18-,19?,20?,23+,24+,28+/m0/s1. The molecule has 0 radical (unpaired) electrons. The second-order valence-corrected chi connectivity index (χ2v) is 18.1. The molecule has 0 amide bonds. The van der Waals surface area contributed by atoms with E-state index in [9.17, 15) is 38.3 Å². The number of nitrogens with two attached hydrogens (primary N) is 2. The highest BCUT2D eigenvalue weighted by Gasteiger charge is 2.49. The van der Waals surface area contributed by atoms with E-state index in [0.717, 1.165) is 5.56 Å². The van der Waals surface area contributed by atoms with Crippen LogP contribution in [0.25, 0.3) is 16.9 Å². The zero-order valence-corrected chi connectivity index (χ0v) is 33.8. The van der Waals surface area contributed by atoms with Gasteiger partial charge in [0.15, 0.2) is 30.6 Å². The van der Waals surface area contributed by atoms with Gasteiger partial charge in [0.1, 0.15) is 24.0 Å². The van der Waals surface area contributed by atoms with Crippen molar-refractivity contribution in [3.05, 3.63) is 71.2 Å².